The molecule has 102 valence electrons. The average Bonchev–Trinajstić information content (AvgIpc) is 2.68. The van der Waals surface area contributed by atoms with Gasteiger partial charge >= 0.3 is 0 Å². The highest BCUT2D eigenvalue weighted by atomic mass is 32.2. The fraction of sp³-hybridized carbons (Fsp3) is 0.500. The van der Waals surface area contributed by atoms with E-state index in [0.717, 1.165) is 12.8 Å². The first-order valence-corrected chi connectivity index (χ1v) is 7.70. The molecule has 0 aromatic heterocycles. The minimum atomic E-state index is -0.130. The first-order chi connectivity index (χ1) is 9.06. The average molecular weight is 276 g/mol. The van der Waals surface area contributed by atoms with E-state index in [2.05, 4.69) is 26.0 Å². The molecule has 0 N–H and O–H groups in total. The SMILES string of the molecule is CC(C)C[C@@H](Cc1ccccc1)C1SC(=O)CC1=O. The van der Waals surface area contributed by atoms with Crippen LogP contribution in [0.15, 0.2) is 30.3 Å². The Morgan fingerprint density at radius 3 is 2.42 bits per heavy atom. The molecule has 1 fully saturated rings. The van der Waals surface area contributed by atoms with Gasteiger partial charge in [0, 0.05) is 0 Å². The van der Waals surface area contributed by atoms with E-state index < -0.39 is 0 Å². The van der Waals surface area contributed by atoms with Gasteiger partial charge in [0.25, 0.3) is 0 Å². The Labute approximate surface area is 119 Å². The summed E-state index contributed by atoms with van der Waals surface area (Å²) in [6.07, 6.45) is 2.00. The van der Waals surface area contributed by atoms with Gasteiger partial charge in [-0.25, -0.2) is 0 Å². The van der Waals surface area contributed by atoms with Gasteiger partial charge in [0.15, 0.2) is 10.9 Å². The van der Waals surface area contributed by atoms with Crippen LogP contribution in [0.1, 0.15) is 32.3 Å². The van der Waals surface area contributed by atoms with E-state index in [1.54, 1.807) is 0 Å². The molecule has 1 heterocycles. The first kappa shape index (κ1) is 14.3. The predicted octanol–water partition coefficient (Wildman–Crippen LogP) is 3.49. The molecule has 2 rings (SSSR count). The molecule has 19 heavy (non-hydrogen) atoms. The summed E-state index contributed by atoms with van der Waals surface area (Å²) in [5.74, 6) is 0.931. The molecule has 0 bridgehead atoms. The summed E-state index contributed by atoms with van der Waals surface area (Å²) < 4.78 is 0. The highest BCUT2D eigenvalue weighted by Gasteiger charge is 2.37. The molecule has 1 aromatic rings. The van der Waals surface area contributed by atoms with Crippen LogP contribution in [0.3, 0.4) is 0 Å². The summed E-state index contributed by atoms with van der Waals surface area (Å²) in [5.41, 5.74) is 1.25. The van der Waals surface area contributed by atoms with Gasteiger partial charge in [-0.3, -0.25) is 9.59 Å². The number of ketones is 1. The maximum absolute atomic E-state index is 12.0. The highest BCUT2D eigenvalue weighted by molar-refractivity contribution is 8.15. The molecule has 1 unspecified atom stereocenters. The van der Waals surface area contributed by atoms with Gasteiger partial charge in [-0.15, -0.1) is 0 Å². The Hall–Kier alpha value is -1.09. The normalized spacial score (nSPS) is 21.1. The van der Waals surface area contributed by atoms with Crippen LogP contribution in [-0.4, -0.2) is 16.1 Å². The van der Waals surface area contributed by atoms with E-state index in [-0.39, 0.29) is 28.5 Å². The fourth-order valence-corrected chi connectivity index (χ4v) is 3.81. The molecule has 1 aliphatic heterocycles. The zero-order valence-electron chi connectivity index (χ0n) is 11.5. The van der Waals surface area contributed by atoms with E-state index in [1.807, 2.05) is 18.2 Å². The second-order valence-electron chi connectivity index (χ2n) is 5.63. The summed E-state index contributed by atoms with van der Waals surface area (Å²) in [4.78, 5) is 23.4. The second kappa shape index (κ2) is 6.38. The fourth-order valence-electron chi connectivity index (χ4n) is 2.69. The van der Waals surface area contributed by atoms with Gasteiger partial charge in [0.2, 0.25) is 0 Å². The van der Waals surface area contributed by atoms with Crippen molar-refractivity contribution in [1.29, 1.82) is 0 Å². The van der Waals surface area contributed by atoms with Crippen LogP contribution in [0.4, 0.5) is 0 Å². The number of Topliss-reactive ketones (excluding diaryl/α,β-unsaturated/α-hetero) is 1. The van der Waals surface area contributed by atoms with Crippen molar-refractivity contribution < 1.29 is 9.59 Å². The van der Waals surface area contributed by atoms with Crippen molar-refractivity contribution in [3.63, 3.8) is 0 Å². The van der Waals surface area contributed by atoms with Gasteiger partial charge in [-0.05, 0) is 30.2 Å². The Morgan fingerprint density at radius 2 is 1.89 bits per heavy atom. The Bertz CT molecular complexity index is 453. The van der Waals surface area contributed by atoms with Crippen LogP contribution in [0, 0.1) is 11.8 Å². The lowest BCUT2D eigenvalue weighted by atomic mass is 9.86. The van der Waals surface area contributed by atoms with Crippen LogP contribution in [0.25, 0.3) is 0 Å². The maximum Gasteiger partial charge on any atom is 0.197 e. The van der Waals surface area contributed by atoms with E-state index in [4.69, 9.17) is 0 Å². The number of carbonyl (C=O) groups is 2. The van der Waals surface area contributed by atoms with E-state index in [9.17, 15) is 9.59 Å². The Morgan fingerprint density at radius 1 is 1.21 bits per heavy atom. The van der Waals surface area contributed by atoms with Gasteiger partial charge in [-0.2, -0.15) is 0 Å². The topological polar surface area (TPSA) is 34.1 Å². The Kier molecular flexibility index (Phi) is 4.81. The second-order valence-corrected chi connectivity index (χ2v) is 6.83. The third kappa shape index (κ3) is 3.93. The molecule has 0 amide bonds. The Balaban J connectivity index is 2.12. The van der Waals surface area contributed by atoms with Crippen molar-refractivity contribution in [3.05, 3.63) is 35.9 Å². The summed E-state index contributed by atoms with van der Waals surface area (Å²) in [6, 6.07) is 10.2. The molecule has 0 spiro atoms. The number of carbonyl (C=O) groups excluding carboxylic acids is 2. The number of thioether (sulfide) groups is 1. The van der Waals surface area contributed by atoms with Crippen LogP contribution < -0.4 is 0 Å². The van der Waals surface area contributed by atoms with Gasteiger partial charge in [-0.1, -0.05) is 55.9 Å². The summed E-state index contributed by atoms with van der Waals surface area (Å²) in [5, 5.41) is -0.0908. The molecular formula is C16H20O2S. The van der Waals surface area contributed by atoms with E-state index in [0.29, 0.717) is 5.92 Å². The lowest BCUT2D eigenvalue weighted by Gasteiger charge is -2.23. The third-order valence-electron chi connectivity index (χ3n) is 3.44. The molecule has 0 aliphatic carbocycles. The molecule has 2 nitrogen and oxygen atoms in total. The lowest BCUT2D eigenvalue weighted by molar-refractivity contribution is -0.122. The molecule has 1 aliphatic rings. The number of benzene rings is 1. The lowest BCUT2D eigenvalue weighted by Crippen LogP contribution is -2.25. The number of hydrogen-bond donors (Lipinski definition) is 0. The van der Waals surface area contributed by atoms with E-state index in [1.165, 1.54) is 17.3 Å². The number of hydrogen-bond acceptors (Lipinski definition) is 3. The van der Waals surface area contributed by atoms with E-state index >= 15 is 0 Å². The highest BCUT2D eigenvalue weighted by Crippen LogP contribution is 2.35. The minimum Gasteiger partial charge on any atom is -0.298 e. The molecule has 3 heteroatoms. The molecule has 1 saturated heterocycles. The van der Waals surface area contributed by atoms with Crippen molar-refractivity contribution in [3.8, 4) is 0 Å². The molecule has 1 aromatic carbocycles. The predicted molar refractivity (Wildman–Crippen MR) is 79.1 cm³/mol. The van der Waals surface area contributed by atoms with Crippen LogP contribution in [-0.2, 0) is 16.0 Å². The largest absolute Gasteiger partial charge is 0.298 e. The molecule has 2 atom stereocenters. The maximum atomic E-state index is 12.0. The monoisotopic (exact) mass is 276 g/mol. The summed E-state index contributed by atoms with van der Waals surface area (Å²) >= 11 is 1.25. The van der Waals surface area contributed by atoms with Gasteiger partial charge in [0.05, 0.1) is 11.7 Å². The van der Waals surface area contributed by atoms with Crippen LogP contribution in [0.2, 0.25) is 0 Å². The third-order valence-corrected chi connectivity index (χ3v) is 4.75. The standard InChI is InChI=1S/C16H20O2S/c1-11(2)8-13(9-12-6-4-3-5-7-12)16-14(17)10-15(18)19-16/h3-7,11,13,16H,8-10H2,1-2H3/t13-,16?/m0/s1. The van der Waals surface area contributed by atoms with Crippen molar-refractivity contribution >= 4 is 22.7 Å². The van der Waals surface area contributed by atoms with Crippen molar-refractivity contribution in [2.24, 2.45) is 11.8 Å². The molecule has 0 saturated carbocycles. The van der Waals surface area contributed by atoms with Crippen molar-refractivity contribution in [2.45, 2.75) is 38.4 Å². The molecule has 0 radical (unpaired) electrons. The van der Waals surface area contributed by atoms with Gasteiger partial charge in [0.1, 0.15) is 0 Å². The zero-order valence-corrected chi connectivity index (χ0v) is 12.3. The zero-order chi connectivity index (χ0) is 13.8. The van der Waals surface area contributed by atoms with Crippen LogP contribution >= 0.6 is 11.8 Å². The number of rotatable bonds is 5. The minimum absolute atomic E-state index is 0.0387. The van der Waals surface area contributed by atoms with Crippen molar-refractivity contribution in [2.75, 3.05) is 0 Å². The summed E-state index contributed by atoms with van der Waals surface area (Å²) in [6.45, 7) is 4.34. The molecular weight excluding hydrogens is 256 g/mol. The van der Waals surface area contributed by atoms with Gasteiger partial charge < -0.3 is 0 Å². The van der Waals surface area contributed by atoms with Crippen molar-refractivity contribution in [1.82, 2.24) is 0 Å². The summed E-state index contributed by atoms with van der Waals surface area (Å²) in [7, 11) is 0. The first-order valence-electron chi connectivity index (χ1n) is 6.82. The van der Waals surface area contributed by atoms with Crippen LogP contribution in [0.5, 0.6) is 0 Å². The quantitative estimate of drug-likeness (QED) is 0.772. The smallest absolute Gasteiger partial charge is 0.197 e.